The van der Waals surface area contributed by atoms with Crippen molar-refractivity contribution in [1.82, 2.24) is 5.32 Å². The highest BCUT2D eigenvalue weighted by atomic mass is 16.5. The van der Waals surface area contributed by atoms with Gasteiger partial charge >= 0.3 is 0 Å². The Hall–Kier alpha value is -3.15. The minimum absolute atomic E-state index is 0.168. The van der Waals surface area contributed by atoms with Crippen molar-refractivity contribution >= 4 is 23.3 Å². The van der Waals surface area contributed by atoms with E-state index in [1.54, 1.807) is 38.3 Å². The van der Waals surface area contributed by atoms with Gasteiger partial charge in [0.2, 0.25) is 11.8 Å². The molecule has 2 aliphatic rings. The van der Waals surface area contributed by atoms with E-state index >= 15 is 0 Å². The number of ketones is 1. The quantitative estimate of drug-likeness (QED) is 0.872. The lowest BCUT2D eigenvalue weighted by Crippen LogP contribution is -2.29. The van der Waals surface area contributed by atoms with Crippen LogP contribution < -0.4 is 15.4 Å². The molecule has 3 atom stereocenters. The highest BCUT2D eigenvalue weighted by Crippen LogP contribution is 2.62. The molecule has 4 rings (SSSR count). The average Bonchev–Trinajstić information content (AvgIpc) is 3.34. The van der Waals surface area contributed by atoms with Gasteiger partial charge in [-0.15, -0.1) is 0 Å². The van der Waals surface area contributed by atoms with Gasteiger partial charge in [-0.1, -0.05) is 37.3 Å². The molecule has 2 aromatic carbocycles. The normalized spacial score (nSPS) is 25.6. The van der Waals surface area contributed by atoms with Crippen LogP contribution in [-0.4, -0.2) is 24.7 Å². The van der Waals surface area contributed by atoms with Crippen molar-refractivity contribution in [2.45, 2.75) is 13.5 Å². The molecule has 1 aliphatic heterocycles. The summed E-state index contributed by atoms with van der Waals surface area (Å²) in [5, 5.41) is 5.64. The fourth-order valence-electron chi connectivity index (χ4n) is 4.07. The van der Waals surface area contributed by atoms with Crippen LogP contribution in [0.3, 0.4) is 0 Å². The molecule has 2 N–H and O–H groups in total. The van der Waals surface area contributed by atoms with Gasteiger partial charge in [-0.05, 0) is 18.2 Å². The molecule has 138 valence electrons. The number of benzene rings is 2. The molecule has 0 radical (unpaired) electrons. The predicted octanol–water partition coefficient (Wildman–Crippen LogP) is 2.40. The minimum atomic E-state index is -1.01. The van der Waals surface area contributed by atoms with E-state index in [-0.39, 0.29) is 24.1 Å². The molecule has 0 saturated heterocycles. The summed E-state index contributed by atoms with van der Waals surface area (Å²) >= 11 is 0. The summed E-state index contributed by atoms with van der Waals surface area (Å²) in [5.41, 5.74) is 0.784. The third-order valence-corrected chi connectivity index (χ3v) is 5.65. The van der Waals surface area contributed by atoms with Gasteiger partial charge in [0.1, 0.15) is 5.75 Å². The van der Waals surface area contributed by atoms with Crippen LogP contribution in [0.25, 0.3) is 0 Å². The number of nitrogens with one attached hydrogen (secondary N) is 2. The van der Waals surface area contributed by atoms with Crippen molar-refractivity contribution < 1.29 is 19.1 Å². The molecule has 2 amide bonds. The summed E-state index contributed by atoms with van der Waals surface area (Å²) in [7, 11) is 1.57. The van der Waals surface area contributed by atoms with Crippen LogP contribution in [0.1, 0.15) is 22.8 Å². The van der Waals surface area contributed by atoms with E-state index in [9.17, 15) is 14.4 Å². The first-order valence-electron chi connectivity index (χ1n) is 8.82. The summed E-state index contributed by atoms with van der Waals surface area (Å²) in [6.07, 6.45) is 0. The van der Waals surface area contributed by atoms with Crippen molar-refractivity contribution in [1.29, 1.82) is 0 Å². The monoisotopic (exact) mass is 364 g/mol. The van der Waals surface area contributed by atoms with E-state index in [0.29, 0.717) is 17.0 Å². The van der Waals surface area contributed by atoms with Gasteiger partial charge in [-0.25, -0.2) is 0 Å². The molecule has 1 saturated carbocycles. The van der Waals surface area contributed by atoms with E-state index in [4.69, 9.17) is 4.74 Å². The zero-order valence-electron chi connectivity index (χ0n) is 15.1. The van der Waals surface area contributed by atoms with Gasteiger partial charge in [-0.3, -0.25) is 14.4 Å². The summed E-state index contributed by atoms with van der Waals surface area (Å²) in [6, 6.07) is 14.3. The van der Waals surface area contributed by atoms with Gasteiger partial charge in [-0.2, -0.15) is 0 Å². The zero-order chi connectivity index (χ0) is 19.2. The van der Waals surface area contributed by atoms with Crippen molar-refractivity contribution in [2.24, 2.45) is 17.3 Å². The smallest absolute Gasteiger partial charge is 0.229 e. The lowest BCUT2D eigenvalue weighted by atomic mass is 9.92. The molecule has 1 heterocycles. The molecule has 27 heavy (non-hydrogen) atoms. The van der Waals surface area contributed by atoms with Crippen LogP contribution >= 0.6 is 0 Å². The Labute approximate surface area is 156 Å². The highest BCUT2D eigenvalue weighted by molar-refractivity contribution is 6.19. The number of rotatable bonds is 4. The number of hydrogen-bond donors (Lipinski definition) is 2. The minimum Gasteiger partial charge on any atom is -0.496 e. The van der Waals surface area contributed by atoms with Gasteiger partial charge in [0.05, 0.1) is 30.0 Å². The molecule has 0 spiro atoms. The first kappa shape index (κ1) is 17.3. The maximum absolute atomic E-state index is 13.0. The number of hydrogen-bond acceptors (Lipinski definition) is 4. The summed E-state index contributed by atoms with van der Waals surface area (Å²) in [5.74, 6) is -1.40. The van der Waals surface area contributed by atoms with Gasteiger partial charge in [0.25, 0.3) is 0 Å². The van der Waals surface area contributed by atoms with Crippen LogP contribution in [0.2, 0.25) is 0 Å². The Morgan fingerprint density at radius 1 is 1.15 bits per heavy atom. The van der Waals surface area contributed by atoms with Gasteiger partial charge in [0, 0.05) is 17.7 Å². The Bertz CT molecular complexity index is 955. The standard InChI is InChI=1S/C21H20N2O4/c1-21-16(19(25)22-11-12-7-3-6-10-15(12)27-2)17(21)20(26)23-14-9-5-4-8-13(14)18(21)24/h3-10,16-17H,11H2,1-2H3,(H,22,25)(H,23,26)/t16-,17-,21+/m0/s1. The van der Waals surface area contributed by atoms with Crippen LogP contribution in [0, 0.1) is 17.3 Å². The Kier molecular flexibility index (Phi) is 3.98. The fourth-order valence-corrected chi connectivity index (χ4v) is 4.07. The van der Waals surface area contributed by atoms with Gasteiger partial charge < -0.3 is 15.4 Å². The Morgan fingerprint density at radius 3 is 2.63 bits per heavy atom. The number of amides is 2. The highest BCUT2D eigenvalue weighted by Gasteiger charge is 2.73. The van der Waals surface area contributed by atoms with E-state index < -0.39 is 17.3 Å². The van der Waals surface area contributed by atoms with E-state index in [2.05, 4.69) is 10.6 Å². The van der Waals surface area contributed by atoms with Crippen molar-refractivity contribution in [3.63, 3.8) is 0 Å². The molecule has 6 heteroatoms. The maximum atomic E-state index is 13.0. The SMILES string of the molecule is COc1ccccc1CNC(=O)[C@@H]1[C@H]2C(=O)Nc3ccccc3C(=O)[C@]12C. The number of carbonyl (C=O) groups is 3. The first-order valence-corrected chi connectivity index (χ1v) is 8.82. The van der Waals surface area contributed by atoms with E-state index in [0.717, 1.165) is 5.56 Å². The molecule has 1 fully saturated rings. The molecule has 0 aromatic heterocycles. The fraction of sp³-hybridized carbons (Fsp3) is 0.286. The van der Waals surface area contributed by atoms with Crippen molar-refractivity contribution in [3.8, 4) is 5.75 Å². The average molecular weight is 364 g/mol. The lowest BCUT2D eigenvalue weighted by molar-refractivity contribution is -0.125. The third-order valence-electron chi connectivity index (χ3n) is 5.65. The molecule has 6 nitrogen and oxygen atoms in total. The molecular weight excluding hydrogens is 344 g/mol. The topological polar surface area (TPSA) is 84.5 Å². The zero-order valence-corrected chi connectivity index (χ0v) is 15.1. The lowest BCUT2D eigenvalue weighted by Gasteiger charge is -2.13. The number of anilines is 1. The molecular formula is C21H20N2O4. The van der Waals surface area contributed by atoms with Crippen LogP contribution in [0.4, 0.5) is 5.69 Å². The molecule has 0 bridgehead atoms. The summed E-state index contributed by atoms with van der Waals surface area (Å²) in [6.45, 7) is 1.98. The largest absolute Gasteiger partial charge is 0.496 e. The predicted molar refractivity (Wildman–Crippen MR) is 99.3 cm³/mol. The number of para-hydroxylation sites is 2. The van der Waals surface area contributed by atoms with Crippen LogP contribution in [0.5, 0.6) is 5.75 Å². The second-order valence-electron chi connectivity index (χ2n) is 7.13. The Morgan fingerprint density at radius 2 is 1.85 bits per heavy atom. The number of methoxy groups -OCH3 is 1. The van der Waals surface area contributed by atoms with Crippen LogP contribution in [0.15, 0.2) is 48.5 Å². The second kappa shape index (κ2) is 6.23. The second-order valence-corrected chi connectivity index (χ2v) is 7.13. The molecule has 0 unspecified atom stereocenters. The number of ether oxygens (including phenoxy) is 1. The maximum Gasteiger partial charge on any atom is 0.229 e. The van der Waals surface area contributed by atoms with Crippen molar-refractivity contribution in [2.75, 3.05) is 12.4 Å². The van der Waals surface area contributed by atoms with E-state index in [1.165, 1.54) is 0 Å². The molecule has 2 aromatic rings. The third kappa shape index (κ3) is 2.60. The summed E-state index contributed by atoms with van der Waals surface area (Å²) < 4.78 is 5.29. The molecule has 1 aliphatic carbocycles. The Balaban J connectivity index is 1.55. The summed E-state index contributed by atoms with van der Waals surface area (Å²) in [4.78, 5) is 38.4. The number of carbonyl (C=O) groups excluding carboxylic acids is 3. The number of Topliss-reactive ketones (excluding diaryl/α,β-unsaturated/α-hetero) is 1. The van der Waals surface area contributed by atoms with Crippen LogP contribution in [-0.2, 0) is 16.1 Å². The number of fused-ring (bicyclic) bond motifs is 2. The van der Waals surface area contributed by atoms with Crippen molar-refractivity contribution in [3.05, 3.63) is 59.7 Å². The van der Waals surface area contributed by atoms with E-state index in [1.807, 2.05) is 24.3 Å². The first-order chi connectivity index (χ1) is 13.0. The van der Waals surface area contributed by atoms with Gasteiger partial charge in [0.15, 0.2) is 5.78 Å².